The molecule has 0 aliphatic carbocycles. The maximum absolute atomic E-state index is 12.5. The molecule has 0 radical (unpaired) electrons. The number of sulfonamides is 1. The molecule has 6 aromatic rings. The molecule has 16 nitrogen and oxygen atoms in total. The number of rotatable bonds is 11. The second kappa shape index (κ2) is 42.5. The summed E-state index contributed by atoms with van der Waals surface area (Å²) >= 11 is 0. The Kier molecular flexibility index (Phi) is 35.0. The Morgan fingerprint density at radius 1 is 0.385 bits per heavy atom. The topological polar surface area (TPSA) is 131 Å². The van der Waals surface area contributed by atoms with Gasteiger partial charge in [0, 0.05) is 140 Å². The van der Waals surface area contributed by atoms with Crippen LogP contribution < -0.4 is 29.1 Å². The minimum absolute atomic E-state index is 0.0114. The first kappa shape index (κ1) is 96.2. The highest BCUT2D eigenvalue weighted by Gasteiger charge is 2.32. The Balaban J connectivity index is 0.000000176. The van der Waals surface area contributed by atoms with Crippen LogP contribution in [0.2, 0.25) is 0 Å². The normalized spacial score (nSPS) is 19.0. The van der Waals surface area contributed by atoms with E-state index in [2.05, 4.69) is 309 Å². The molecule has 0 unspecified atom stereocenters. The molecule has 0 bridgehead atoms. The quantitative estimate of drug-likeness (QED) is 0.127. The summed E-state index contributed by atoms with van der Waals surface area (Å²) in [6.07, 6.45) is 7.69. The van der Waals surface area contributed by atoms with Crippen molar-refractivity contribution in [1.82, 2.24) is 23.9 Å². The zero-order chi connectivity index (χ0) is 86.0. The number of ether oxygens (including phenoxy) is 3. The van der Waals surface area contributed by atoms with E-state index in [1.54, 1.807) is 19.2 Å². The summed E-state index contributed by atoms with van der Waals surface area (Å²) in [5.41, 5.74) is 17.0. The molecular formula is C100H159N9O7S. The Morgan fingerprint density at radius 3 is 1.14 bits per heavy atom. The van der Waals surface area contributed by atoms with Gasteiger partial charge in [-0.05, 0) is 250 Å². The maximum atomic E-state index is 12.5. The van der Waals surface area contributed by atoms with Crippen LogP contribution in [0.3, 0.4) is 0 Å². The van der Waals surface area contributed by atoms with Gasteiger partial charge in [0.2, 0.25) is 10.0 Å². The number of piperidine rings is 4. The molecule has 6 aromatic carbocycles. The van der Waals surface area contributed by atoms with Gasteiger partial charge in [0.05, 0.1) is 43.5 Å². The van der Waals surface area contributed by atoms with Crippen molar-refractivity contribution in [2.75, 3.05) is 179 Å². The lowest BCUT2D eigenvalue weighted by atomic mass is 9.81. The van der Waals surface area contributed by atoms with Crippen molar-refractivity contribution in [2.45, 2.75) is 264 Å². The molecular weight excluding hydrogens is 1470 g/mol. The number of hydrogen-bond acceptors (Lipinski definition) is 15. The third-order valence-corrected chi connectivity index (χ3v) is 26.5. The number of benzene rings is 6. The number of nitrogens with zero attached hydrogens (tertiary/aromatic N) is 9. The van der Waals surface area contributed by atoms with E-state index < -0.39 is 10.0 Å². The molecule has 652 valence electrons. The first-order chi connectivity index (χ1) is 54.8. The molecule has 0 spiro atoms. The first-order valence-electron chi connectivity index (χ1n) is 44.4. The SMILES string of the molecule is CC(C)(C)c1ccc(N2CCC(O)CC2)cc1.CC(C)(C)c1ccc(S(=O)(=O)N2CCC(O)CC2)cc1.CN1CCN(C2CCN(c3ccc(C(C)(C)C)cc3)CC2)CC1.CN1CCN(c2ccc(C(C)(C)C)cc2)CC1.COc1cc(N2CCOCC2)ccc1C(C)(C)C.Cc1cc(C(C)(C)C)c(OC(C)C)cc1C1CCN(C)CC1. The van der Waals surface area contributed by atoms with Gasteiger partial charge in [-0.15, -0.1) is 0 Å². The van der Waals surface area contributed by atoms with Crippen molar-refractivity contribution in [3.05, 3.63) is 172 Å². The predicted octanol–water partition coefficient (Wildman–Crippen LogP) is 18.7. The Hall–Kier alpha value is -6.25. The zero-order valence-corrected chi connectivity index (χ0v) is 78.5. The number of anilines is 4. The lowest BCUT2D eigenvalue weighted by Crippen LogP contribution is -2.52. The molecule has 7 fully saturated rings. The monoisotopic (exact) mass is 1630 g/mol. The van der Waals surface area contributed by atoms with E-state index in [0.717, 1.165) is 88.4 Å². The molecule has 0 amide bonds. The van der Waals surface area contributed by atoms with Crippen molar-refractivity contribution >= 4 is 32.8 Å². The van der Waals surface area contributed by atoms with Crippen molar-refractivity contribution in [1.29, 1.82) is 0 Å². The molecule has 17 heteroatoms. The van der Waals surface area contributed by atoms with Crippen LogP contribution in [0.15, 0.2) is 132 Å². The van der Waals surface area contributed by atoms with Crippen LogP contribution in [0.25, 0.3) is 0 Å². The summed E-state index contributed by atoms with van der Waals surface area (Å²) in [6.45, 7) is 67.2. The van der Waals surface area contributed by atoms with Gasteiger partial charge in [-0.2, -0.15) is 4.31 Å². The summed E-state index contributed by atoms with van der Waals surface area (Å²) < 4.78 is 43.6. The van der Waals surface area contributed by atoms with Crippen LogP contribution in [-0.2, 0) is 47.3 Å². The van der Waals surface area contributed by atoms with Crippen LogP contribution in [0.4, 0.5) is 22.7 Å². The van der Waals surface area contributed by atoms with Gasteiger partial charge >= 0.3 is 0 Å². The van der Waals surface area contributed by atoms with E-state index in [4.69, 9.17) is 14.2 Å². The summed E-state index contributed by atoms with van der Waals surface area (Å²) in [5, 5.41) is 19.0. The predicted molar refractivity (Wildman–Crippen MR) is 496 cm³/mol. The average Bonchev–Trinajstić information content (AvgIpc) is 0.792. The summed E-state index contributed by atoms with van der Waals surface area (Å²) in [7, 11) is 4.97. The Bertz CT molecular complexity index is 3940. The number of likely N-dealkylation sites (tertiary alicyclic amines) is 1. The number of likely N-dealkylation sites (N-methyl/N-ethyl adjacent to an activating group) is 2. The minimum atomic E-state index is -3.43. The lowest BCUT2D eigenvalue weighted by molar-refractivity contribution is 0.0982. The van der Waals surface area contributed by atoms with Gasteiger partial charge in [-0.1, -0.05) is 185 Å². The number of aliphatic hydroxyl groups excluding tert-OH is 2. The van der Waals surface area contributed by atoms with Crippen LogP contribution in [0, 0.1) is 6.92 Å². The number of methoxy groups -OCH3 is 1. The van der Waals surface area contributed by atoms with E-state index in [-0.39, 0.29) is 50.8 Å². The smallest absolute Gasteiger partial charge is 0.243 e. The number of aliphatic hydroxyl groups is 2. The highest BCUT2D eigenvalue weighted by molar-refractivity contribution is 7.89. The molecule has 7 aliphatic heterocycles. The lowest BCUT2D eigenvalue weighted by Gasteiger charge is -2.42. The van der Waals surface area contributed by atoms with E-state index in [0.29, 0.717) is 36.7 Å². The van der Waals surface area contributed by atoms with Crippen molar-refractivity contribution in [3.8, 4) is 11.5 Å². The molecule has 2 N–H and O–H groups in total. The van der Waals surface area contributed by atoms with Gasteiger partial charge in [-0.25, -0.2) is 8.42 Å². The van der Waals surface area contributed by atoms with Crippen molar-refractivity contribution in [2.24, 2.45) is 0 Å². The Morgan fingerprint density at radius 2 is 0.744 bits per heavy atom. The maximum Gasteiger partial charge on any atom is 0.243 e. The minimum Gasteiger partial charge on any atom is -0.496 e. The molecule has 7 aliphatic rings. The van der Waals surface area contributed by atoms with E-state index in [1.807, 2.05) is 12.1 Å². The number of piperazine rings is 2. The van der Waals surface area contributed by atoms with E-state index in [1.165, 1.54) is 157 Å². The third kappa shape index (κ3) is 29.2. The number of aryl methyl sites for hydroxylation is 1. The average molecular weight is 1630 g/mol. The fourth-order valence-corrected chi connectivity index (χ4v) is 17.9. The molecule has 117 heavy (non-hydrogen) atoms. The van der Waals surface area contributed by atoms with Gasteiger partial charge in [-0.3, -0.25) is 4.90 Å². The fourth-order valence-electron chi connectivity index (χ4n) is 16.5. The fraction of sp³-hybridized carbons (Fsp3) is 0.640. The van der Waals surface area contributed by atoms with Gasteiger partial charge in [0.25, 0.3) is 0 Å². The largest absolute Gasteiger partial charge is 0.496 e. The van der Waals surface area contributed by atoms with Crippen LogP contribution in [0.1, 0.15) is 240 Å². The molecule has 7 saturated heterocycles. The third-order valence-electron chi connectivity index (χ3n) is 24.6. The van der Waals surface area contributed by atoms with E-state index >= 15 is 0 Å². The van der Waals surface area contributed by atoms with Gasteiger partial charge in [0.15, 0.2) is 0 Å². The molecule has 0 aromatic heterocycles. The van der Waals surface area contributed by atoms with Gasteiger partial charge in [0.1, 0.15) is 11.5 Å². The standard InChI is InChI=1S/C20H33N3.C20H33NO.C15H24N2.C15H23NO3S.C15H23NO2.C15H23NO/c1-20(2,3)17-5-7-18(8-6-17)22-11-9-19(10-12-22)23-15-13-21(4)14-16-23;1-14(2)22-19-13-17(16-8-10-21(7)11-9-16)15(3)12-18(19)20(4,5)6;1-15(2,3)13-5-7-14(8-6-13)17-11-9-16(4)10-12-17;1-15(2,3)12-4-6-14(7-5-12)20(18,19)16-10-8-13(17)9-11-16;1-15(2,3)13-6-5-12(11-14(13)17-4)16-7-9-18-10-8-16;1-15(2,3)12-4-6-13(7-5-12)16-10-8-14(17)9-11-16/h5-8,19H,9-16H2,1-4H3;12-14,16H,8-11H2,1-7H3;5-8H,9-12H2,1-4H3;4-7,13,17H,8-11H2,1-3H3;5-6,11H,7-10H2,1-4H3;4-7,14,17H,8-11H2,1-3H3. The van der Waals surface area contributed by atoms with Crippen molar-refractivity contribution in [3.63, 3.8) is 0 Å². The first-order valence-corrected chi connectivity index (χ1v) is 45.9. The number of hydrogen-bond donors (Lipinski definition) is 2. The number of morpholine rings is 1. The van der Waals surface area contributed by atoms with Crippen LogP contribution in [-0.4, -0.2) is 226 Å². The second-order valence-electron chi connectivity index (χ2n) is 40.8. The molecule has 13 rings (SSSR count). The summed E-state index contributed by atoms with van der Waals surface area (Å²) in [5.74, 6) is 2.74. The zero-order valence-electron chi connectivity index (χ0n) is 77.7. The van der Waals surface area contributed by atoms with E-state index in [9.17, 15) is 18.6 Å². The molecule has 0 atom stereocenters. The van der Waals surface area contributed by atoms with Crippen LogP contribution in [0.5, 0.6) is 11.5 Å². The highest BCUT2D eigenvalue weighted by atomic mass is 32.2. The van der Waals surface area contributed by atoms with Crippen LogP contribution >= 0.6 is 0 Å². The van der Waals surface area contributed by atoms with Gasteiger partial charge < -0.3 is 58.7 Å². The summed E-state index contributed by atoms with van der Waals surface area (Å²) in [4.78, 5) is 20.1. The molecule has 0 saturated carbocycles. The van der Waals surface area contributed by atoms with Crippen molar-refractivity contribution < 1.29 is 32.8 Å². The second-order valence-corrected chi connectivity index (χ2v) is 42.7. The molecule has 7 heterocycles. The highest BCUT2D eigenvalue weighted by Crippen LogP contribution is 2.41. The summed E-state index contributed by atoms with van der Waals surface area (Å²) in [6, 6.07) is 46.3. The Labute approximate surface area is 712 Å².